The SMILES string of the molecule is CNc1nc(Cl)nc2c1ncn2Cc1cccc(CO)c1. The first-order chi connectivity index (χ1) is 10.2. The Balaban J connectivity index is 2.02. The lowest BCUT2D eigenvalue weighted by Crippen LogP contribution is -2.02. The van der Waals surface area contributed by atoms with Gasteiger partial charge in [-0.15, -0.1) is 0 Å². The first-order valence-electron chi connectivity index (χ1n) is 6.46. The first-order valence-corrected chi connectivity index (χ1v) is 6.84. The van der Waals surface area contributed by atoms with Crippen LogP contribution in [0.15, 0.2) is 30.6 Å². The minimum atomic E-state index is 0.0242. The van der Waals surface area contributed by atoms with E-state index in [0.29, 0.717) is 23.5 Å². The van der Waals surface area contributed by atoms with Crippen molar-refractivity contribution in [2.75, 3.05) is 12.4 Å². The fourth-order valence-electron chi connectivity index (χ4n) is 2.23. The minimum Gasteiger partial charge on any atom is -0.392 e. The van der Waals surface area contributed by atoms with Crippen LogP contribution >= 0.6 is 11.6 Å². The fraction of sp³-hybridized carbons (Fsp3) is 0.214. The molecule has 0 spiro atoms. The number of imidazole rings is 1. The molecule has 2 heterocycles. The van der Waals surface area contributed by atoms with Gasteiger partial charge in [0, 0.05) is 7.05 Å². The molecular formula is C14H14ClN5O. The Bertz CT molecular complexity index is 786. The zero-order valence-electron chi connectivity index (χ0n) is 11.4. The summed E-state index contributed by atoms with van der Waals surface area (Å²) in [4.78, 5) is 12.7. The van der Waals surface area contributed by atoms with Crippen molar-refractivity contribution in [3.8, 4) is 0 Å². The van der Waals surface area contributed by atoms with Gasteiger partial charge in [-0.3, -0.25) is 0 Å². The number of hydrogen-bond acceptors (Lipinski definition) is 5. The number of nitrogens with zero attached hydrogens (tertiary/aromatic N) is 4. The molecule has 3 aromatic rings. The third-order valence-electron chi connectivity index (χ3n) is 3.20. The number of halogens is 1. The van der Waals surface area contributed by atoms with Gasteiger partial charge in [0.25, 0.3) is 0 Å². The second kappa shape index (κ2) is 5.67. The van der Waals surface area contributed by atoms with E-state index < -0.39 is 0 Å². The molecule has 0 radical (unpaired) electrons. The third-order valence-corrected chi connectivity index (χ3v) is 3.37. The quantitative estimate of drug-likeness (QED) is 0.722. The zero-order chi connectivity index (χ0) is 14.8. The van der Waals surface area contributed by atoms with Gasteiger partial charge in [0.05, 0.1) is 19.5 Å². The second-order valence-electron chi connectivity index (χ2n) is 4.61. The predicted molar refractivity (Wildman–Crippen MR) is 81.3 cm³/mol. The molecule has 1 aromatic carbocycles. The molecule has 0 aliphatic heterocycles. The molecule has 0 atom stereocenters. The summed E-state index contributed by atoms with van der Waals surface area (Å²) in [6, 6.07) is 7.75. The number of anilines is 1. The molecule has 6 nitrogen and oxygen atoms in total. The van der Waals surface area contributed by atoms with Crippen LogP contribution in [0.2, 0.25) is 5.28 Å². The summed E-state index contributed by atoms with van der Waals surface area (Å²) in [6.45, 7) is 0.622. The Labute approximate surface area is 126 Å². The molecule has 0 bridgehead atoms. The van der Waals surface area contributed by atoms with Crippen molar-refractivity contribution >= 4 is 28.6 Å². The lowest BCUT2D eigenvalue weighted by molar-refractivity contribution is 0.281. The molecule has 0 saturated carbocycles. The summed E-state index contributed by atoms with van der Waals surface area (Å²) >= 11 is 5.95. The maximum Gasteiger partial charge on any atom is 0.226 e. The van der Waals surface area contributed by atoms with Crippen molar-refractivity contribution in [3.63, 3.8) is 0 Å². The molecule has 7 heteroatoms. The number of hydrogen-bond donors (Lipinski definition) is 2. The average molecular weight is 304 g/mol. The molecule has 2 aromatic heterocycles. The van der Waals surface area contributed by atoms with Crippen LogP contribution in [-0.4, -0.2) is 31.7 Å². The number of aliphatic hydroxyl groups excluding tert-OH is 1. The van der Waals surface area contributed by atoms with Crippen LogP contribution < -0.4 is 5.32 Å². The number of nitrogens with one attached hydrogen (secondary N) is 1. The Morgan fingerprint density at radius 3 is 2.86 bits per heavy atom. The molecule has 21 heavy (non-hydrogen) atoms. The molecule has 3 rings (SSSR count). The summed E-state index contributed by atoms with van der Waals surface area (Å²) in [7, 11) is 1.77. The van der Waals surface area contributed by atoms with E-state index in [1.807, 2.05) is 28.8 Å². The smallest absolute Gasteiger partial charge is 0.226 e. The van der Waals surface area contributed by atoms with Crippen LogP contribution in [0.5, 0.6) is 0 Å². The summed E-state index contributed by atoms with van der Waals surface area (Å²) in [5.41, 5.74) is 3.29. The lowest BCUT2D eigenvalue weighted by atomic mass is 10.1. The Morgan fingerprint density at radius 2 is 2.10 bits per heavy atom. The molecule has 2 N–H and O–H groups in total. The molecule has 0 aliphatic carbocycles. The molecular weight excluding hydrogens is 290 g/mol. The first kappa shape index (κ1) is 13.8. The Morgan fingerprint density at radius 1 is 1.29 bits per heavy atom. The van der Waals surface area contributed by atoms with E-state index in [4.69, 9.17) is 11.6 Å². The number of benzene rings is 1. The van der Waals surface area contributed by atoms with E-state index in [1.54, 1.807) is 13.4 Å². The van der Waals surface area contributed by atoms with Crippen molar-refractivity contribution < 1.29 is 5.11 Å². The van der Waals surface area contributed by atoms with Gasteiger partial charge in [0.15, 0.2) is 17.0 Å². The van der Waals surface area contributed by atoms with Crippen molar-refractivity contribution in [2.45, 2.75) is 13.2 Å². The molecule has 0 saturated heterocycles. The monoisotopic (exact) mass is 303 g/mol. The van der Waals surface area contributed by atoms with Gasteiger partial charge in [-0.2, -0.15) is 9.97 Å². The molecule has 0 fully saturated rings. The number of aliphatic hydroxyl groups is 1. The Kier molecular flexibility index (Phi) is 3.72. The van der Waals surface area contributed by atoms with Crippen molar-refractivity contribution in [1.82, 2.24) is 19.5 Å². The van der Waals surface area contributed by atoms with E-state index in [2.05, 4.69) is 20.3 Å². The topological polar surface area (TPSA) is 75.9 Å². The van der Waals surface area contributed by atoms with Crippen LogP contribution in [0.3, 0.4) is 0 Å². The molecule has 0 amide bonds. The fourth-order valence-corrected chi connectivity index (χ4v) is 2.40. The van der Waals surface area contributed by atoms with Crippen molar-refractivity contribution in [1.29, 1.82) is 0 Å². The van der Waals surface area contributed by atoms with Gasteiger partial charge >= 0.3 is 0 Å². The van der Waals surface area contributed by atoms with Crippen molar-refractivity contribution in [2.24, 2.45) is 0 Å². The Hall–Kier alpha value is -2.18. The van der Waals surface area contributed by atoms with Crippen LogP contribution in [0.1, 0.15) is 11.1 Å². The largest absolute Gasteiger partial charge is 0.392 e. The van der Waals surface area contributed by atoms with Gasteiger partial charge in [-0.05, 0) is 22.7 Å². The highest BCUT2D eigenvalue weighted by Crippen LogP contribution is 2.21. The average Bonchev–Trinajstić information content (AvgIpc) is 2.89. The third kappa shape index (κ3) is 2.68. The van der Waals surface area contributed by atoms with Crippen LogP contribution in [0.25, 0.3) is 11.2 Å². The minimum absolute atomic E-state index is 0.0242. The molecule has 0 aliphatic rings. The van der Waals surface area contributed by atoms with E-state index in [9.17, 15) is 5.11 Å². The van der Waals surface area contributed by atoms with E-state index in [-0.39, 0.29) is 11.9 Å². The predicted octanol–water partition coefficient (Wildman–Crippen LogP) is 2.06. The number of fused-ring (bicyclic) bond motifs is 1. The highest BCUT2D eigenvalue weighted by atomic mass is 35.5. The van der Waals surface area contributed by atoms with Gasteiger partial charge in [-0.25, -0.2) is 4.98 Å². The van der Waals surface area contributed by atoms with Crippen LogP contribution in [0.4, 0.5) is 5.82 Å². The van der Waals surface area contributed by atoms with Crippen LogP contribution in [0, 0.1) is 0 Å². The maximum absolute atomic E-state index is 9.20. The summed E-state index contributed by atoms with van der Waals surface area (Å²) in [6.07, 6.45) is 1.71. The van der Waals surface area contributed by atoms with Gasteiger partial charge < -0.3 is 15.0 Å². The van der Waals surface area contributed by atoms with E-state index in [0.717, 1.165) is 11.1 Å². The number of aromatic nitrogens is 4. The standard InChI is InChI=1S/C14H14ClN5O/c1-16-12-11-13(19-14(15)18-12)20(8-17-11)6-9-3-2-4-10(5-9)7-21/h2-5,8,21H,6-7H2,1H3,(H,16,18,19). The summed E-state index contributed by atoms with van der Waals surface area (Å²) < 4.78 is 1.90. The zero-order valence-corrected chi connectivity index (χ0v) is 12.2. The highest BCUT2D eigenvalue weighted by Gasteiger charge is 2.11. The lowest BCUT2D eigenvalue weighted by Gasteiger charge is -2.06. The van der Waals surface area contributed by atoms with Gasteiger partial charge in [0.2, 0.25) is 5.28 Å². The highest BCUT2D eigenvalue weighted by molar-refractivity contribution is 6.28. The summed E-state index contributed by atoms with van der Waals surface area (Å²) in [5, 5.41) is 12.3. The van der Waals surface area contributed by atoms with Crippen molar-refractivity contribution in [3.05, 3.63) is 47.0 Å². The molecule has 108 valence electrons. The summed E-state index contributed by atoms with van der Waals surface area (Å²) in [5.74, 6) is 0.604. The second-order valence-corrected chi connectivity index (χ2v) is 4.95. The number of rotatable bonds is 4. The van der Waals surface area contributed by atoms with E-state index in [1.165, 1.54) is 0 Å². The van der Waals surface area contributed by atoms with Gasteiger partial charge in [-0.1, -0.05) is 24.3 Å². The normalized spacial score (nSPS) is 11.0. The van der Waals surface area contributed by atoms with Crippen LogP contribution in [-0.2, 0) is 13.2 Å². The van der Waals surface area contributed by atoms with Gasteiger partial charge in [0.1, 0.15) is 0 Å². The van der Waals surface area contributed by atoms with E-state index >= 15 is 0 Å². The molecule has 0 unspecified atom stereocenters. The maximum atomic E-state index is 9.20.